The molecule has 6 nitrogen and oxygen atoms in total. The molecule has 0 radical (unpaired) electrons. The number of fused-ring (bicyclic) bond motifs is 3. The summed E-state index contributed by atoms with van der Waals surface area (Å²) in [6.07, 6.45) is 4.41. The maximum Gasteiger partial charge on any atom is 0.173 e. The van der Waals surface area contributed by atoms with Crippen molar-refractivity contribution in [2.45, 2.75) is 38.4 Å². The Bertz CT molecular complexity index is 749. The van der Waals surface area contributed by atoms with Gasteiger partial charge in [-0.2, -0.15) is 0 Å². The Balaban J connectivity index is 1.47. The number of ketones is 1. The maximum atomic E-state index is 13.4. The van der Waals surface area contributed by atoms with Crippen molar-refractivity contribution >= 4 is 11.4 Å². The molecule has 29 heavy (non-hydrogen) atoms. The van der Waals surface area contributed by atoms with Crippen molar-refractivity contribution in [1.29, 1.82) is 0 Å². The molecule has 2 aliphatic heterocycles. The fraction of sp³-hybridized carbons (Fsp3) is 0.609. The van der Waals surface area contributed by atoms with Crippen LogP contribution in [0.15, 0.2) is 30.5 Å². The zero-order valence-electron chi connectivity index (χ0n) is 17.3. The van der Waals surface area contributed by atoms with Crippen molar-refractivity contribution in [2.24, 2.45) is 11.8 Å². The van der Waals surface area contributed by atoms with Crippen LogP contribution in [0.25, 0.3) is 5.57 Å². The molecule has 0 bridgehead atoms. The molecule has 1 aromatic carbocycles. The molecule has 4 unspecified atom stereocenters. The summed E-state index contributed by atoms with van der Waals surface area (Å²) in [5.74, 6) is 0.962. The van der Waals surface area contributed by atoms with Crippen molar-refractivity contribution in [1.82, 2.24) is 4.90 Å². The zero-order valence-corrected chi connectivity index (χ0v) is 17.3. The molecule has 3 aliphatic rings. The molecule has 1 aliphatic carbocycles. The van der Waals surface area contributed by atoms with Crippen LogP contribution in [-0.2, 0) is 19.0 Å². The molecule has 1 aromatic rings. The van der Waals surface area contributed by atoms with Crippen LogP contribution in [0.5, 0.6) is 5.75 Å². The van der Waals surface area contributed by atoms with E-state index in [0.29, 0.717) is 18.1 Å². The topological polar surface area (TPSA) is 57.2 Å². The molecular weight excluding hydrogens is 370 g/mol. The number of Topliss-reactive ketones (excluding diaryl/α,β-unsaturated/α-hetero) is 1. The molecule has 4 atom stereocenters. The van der Waals surface area contributed by atoms with Crippen LogP contribution in [0.3, 0.4) is 0 Å². The van der Waals surface area contributed by atoms with Gasteiger partial charge >= 0.3 is 0 Å². The highest BCUT2D eigenvalue weighted by Gasteiger charge is 2.49. The highest BCUT2D eigenvalue weighted by molar-refractivity contribution is 6.22. The van der Waals surface area contributed by atoms with E-state index < -0.39 is 0 Å². The van der Waals surface area contributed by atoms with E-state index in [1.54, 1.807) is 13.4 Å². The van der Waals surface area contributed by atoms with Crippen LogP contribution < -0.4 is 4.74 Å². The first-order valence-corrected chi connectivity index (χ1v) is 10.7. The third-order valence-corrected chi connectivity index (χ3v) is 6.31. The fourth-order valence-corrected chi connectivity index (χ4v) is 4.85. The number of hydrogen-bond donors (Lipinski definition) is 0. The van der Waals surface area contributed by atoms with Crippen LogP contribution in [-0.4, -0.2) is 63.0 Å². The predicted molar refractivity (Wildman–Crippen MR) is 109 cm³/mol. The standard InChI is InChI=1S/C23H31NO5/c1-3-27-12-6-11-24-13-18-21(29-15-24)10-9-17-22(25)19(14-28-23(17)18)16-7-4-5-8-20(16)26-2/h4-5,7-8,14,17-18,21,23H,3,6,9-13,15H2,1-2H3. The van der Waals surface area contributed by atoms with Crippen molar-refractivity contribution in [2.75, 3.05) is 40.1 Å². The van der Waals surface area contributed by atoms with E-state index in [4.69, 9.17) is 18.9 Å². The molecule has 158 valence electrons. The number of carbonyl (C=O) groups excluding carboxylic acids is 1. The number of nitrogens with zero attached hydrogens (tertiary/aromatic N) is 1. The number of hydrogen-bond acceptors (Lipinski definition) is 6. The lowest BCUT2D eigenvalue weighted by Gasteiger charge is -2.48. The van der Waals surface area contributed by atoms with Gasteiger partial charge in [0.15, 0.2) is 5.78 Å². The average molecular weight is 402 g/mol. The van der Waals surface area contributed by atoms with Gasteiger partial charge in [-0.15, -0.1) is 0 Å². The van der Waals surface area contributed by atoms with Gasteiger partial charge in [0.05, 0.1) is 37.7 Å². The highest BCUT2D eigenvalue weighted by atomic mass is 16.5. The summed E-state index contributed by atoms with van der Waals surface area (Å²) in [5, 5.41) is 0. The summed E-state index contributed by atoms with van der Waals surface area (Å²) in [5.41, 5.74) is 1.42. The largest absolute Gasteiger partial charge is 0.496 e. The molecule has 0 aromatic heterocycles. The molecule has 2 fully saturated rings. The molecule has 1 saturated heterocycles. The molecule has 0 N–H and O–H groups in total. The minimum atomic E-state index is -0.117. The van der Waals surface area contributed by atoms with Crippen molar-refractivity contribution in [3.8, 4) is 5.75 Å². The first kappa shape index (κ1) is 20.4. The van der Waals surface area contributed by atoms with Crippen LogP contribution >= 0.6 is 0 Å². The highest BCUT2D eigenvalue weighted by Crippen LogP contribution is 2.43. The molecular formula is C23H31NO5. The fourth-order valence-electron chi connectivity index (χ4n) is 4.85. The van der Waals surface area contributed by atoms with Gasteiger partial charge < -0.3 is 18.9 Å². The Morgan fingerprint density at radius 3 is 2.93 bits per heavy atom. The maximum absolute atomic E-state index is 13.4. The van der Waals surface area contributed by atoms with Crippen LogP contribution in [0.4, 0.5) is 0 Å². The summed E-state index contributed by atoms with van der Waals surface area (Å²) in [6.45, 7) is 6.04. The SMILES string of the molecule is CCOCCCN1COC2CCC3C(=O)C(c4ccccc4OC)=COC3C2C1. The van der Waals surface area contributed by atoms with Crippen LogP contribution in [0, 0.1) is 11.8 Å². The van der Waals surface area contributed by atoms with Gasteiger partial charge in [0, 0.05) is 37.8 Å². The minimum Gasteiger partial charge on any atom is -0.496 e. The third kappa shape index (κ3) is 4.20. The van der Waals surface area contributed by atoms with Crippen molar-refractivity contribution in [3.05, 3.63) is 36.1 Å². The van der Waals surface area contributed by atoms with Gasteiger partial charge in [-0.05, 0) is 32.3 Å². The molecule has 0 amide bonds. The van der Waals surface area contributed by atoms with Gasteiger partial charge in [0.1, 0.15) is 11.9 Å². The number of methoxy groups -OCH3 is 1. The van der Waals surface area contributed by atoms with Crippen LogP contribution in [0.1, 0.15) is 31.7 Å². The molecule has 4 rings (SSSR count). The van der Waals surface area contributed by atoms with E-state index in [-0.39, 0.29) is 29.8 Å². The second-order valence-corrected chi connectivity index (χ2v) is 8.01. The number of allylic oxidation sites excluding steroid dienone is 1. The quantitative estimate of drug-likeness (QED) is 0.655. The summed E-state index contributed by atoms with van der Waals surface area (Å²) in [6, 6.07) is 7.62. The molecule has 0 spiro atoms. The van der Waals surface area contributed by atoms with E-state index in [0.717, 1.165) is 51.1 Å². The zero-order chi connectivity index (χ0) is 20.2. The van der Waals surface area contributed by atoms with E-state index in [9.17, 15) is 4.79 Å². The van der Waals surface area contributed by atoms with Crippen molar-refractivity contribution < 1.29 is 23.7 Å². The Kier molecular flexibility index (Phi) is 6.53. The summed E-state index contributed by atoms with van der Waals surface area (Å²) < 4.78 is 23.2. The normalized spacial score (nSPS) is 29.4. The predicted octanol–water partition coefficient (Wildman–Crippen LogP) is 3.12. The number of para-hydroxylation sites is 1. The summed E-state index contributed by atoms with van der Waals surface area (Å²) in [7, 11) is 1.63. The van der Waals surface area contributed by atoms with Crippen LogP contribution in [0.2, 0.25) is 0 Å². The van der Waals surface area contributed by atoms with Gasteiger partial charge in [-0.25, -0.2) is 0 Å². The average Bonchev–Trinajstić information content (AvgIpc) is 2.77. The molecule has 6 heteroatoms. The van der Waals surface area contributed by atoms with E-state index in [1.807, 2.05) is 31.2 Å². The summed E-state index contributed by atoms with van der Waals surface area (Å²) in [4.78, 5) is 15.7. The lowest BCUT2D eigenvalue weighted by atomic mass is 9.71. The Hall–Kier alpha value is -1.89. The molecule has 1 saturated carbocycles. The minimum absolute atomic E-state index is 0.116. The van der Waals surface area contributed by atoms with Crippen molar-refractivity contribution in [3.63, 3.8) is 0 Å². The Labute approximate surface area is 172 Å². The summed E-state index contributed by atoms with van der Waals surface area (Å²) >= 11 is 0. The number of carbonyl (C=O) groups is 1. The van der Waals surface area contributed by atoms with E-state index >= 15 is 0 Å². The second-order valence-electron chi connectivity index (χ2n) is 8.01. The Morgan fingerprint density at radius 1 is 1.24 bits per heavy atom. The van der Waals surface area contributed by atoms with E-state index in [1.165, 1.54) is 0 Å². The second kappa shape index (κ2) is 9.28. The van der Waals surface area contributed by atoms with Gasteiger partial charge in [-0.1, -0.05) is 18.2 Å². The molecule has 2 heterocycles. The monoisotopic (exact) mass is 401 g/mol. The van der Waals surface area contributed by atoms with Gasteiger partial charge in [0.25, 0.3) is 0 Å². The Morgan fingerprint density at radius 2 is 2.10 bits per heavy atom. The smallest absolute Gasteiger partial charge is 0.173 e. The van der Waals surface area contributed by atoms with Gasteiger partial charge in [-0.3, -0.25) is 9.69 Å². The number of rotatable bonds is 7. The first-order valence-electron chi connectivity index (χ1n) is 10.7. The third-order valence-electron chi connectivity index (χ3n) is 6.31. The number of ether oxygens (including phenoxy) is 4. The lowest BCUT2D eigenvalue weighted by Crippen LogP contribution is -2.56. The first-order chi connectivity index (χ1) is 14.2. The van der Waals surface area contributed by atoms with Gasteiger partial charge in [0.2, 0.25) is 0 Å². The van der Waals surface area contributed by atoms with E-state index in [2.05, 4.69) is 4.90 Å². The lowest BCUT2D eigenvalue weighted by molar-refractivity contribution is -0.170. The number of benzene rings is 1.